The first-order valence-corrected chi connectivity index (χ1v) is 22.8. The lowest BCUT2D eigenvalue weighted by molar-refractivity contribution is 1.08. The van der Waals surface area contributed by atoms with Gasteiger partial charge < -0.3 is 4.57 Å². The Morgan fingerprint density at radius 1 is 0.333 bits per heavy atom. The lowest BCUT2D eigenvalue weighted by atomic mass is 10.00. The van der Waals surface area contributed by atoms with Gasteiger partial charge in [-0.1, -0.05) is 152 Å². The predicted molar refractivity (Wildman–Crippen MR) is 269 cm³/mol. The lowest BCUT2D eigenvalue weighted by Crippen LogP contribution is -2.01. The fourth-order valence-electron chi connectivity index (χ4n) is 10.0. The average molecular weight is 837 g/mol. The van der Waals surface area contributed by atoms with E-state index in [-0.39, 0.29) is 0 Å². The van der Waals surface area contributed by atoms with Crippen molar-refractivity contribution in [3.8, 4) is 39.9 Å². The molecule has 0 saturated heterocycles. The molecular formula is C57H32N4S2. The third-order valence-electron chi connectivity index (χ3n) is 12.8. The van der Waals surface area contributed by atoms with Crippen molar-refractivity contribution in [1.29, 1.82) is 0 Å². The molecule has 4 heterocycles. The molecule has 0 radical (unpaired) electrons. The van der Waals surface area contributed by atoms with E-state index in [1.165, 1.54) is 73.3 Å². The van der Waals surface area contributed by atoms with Gasteiger partial charge in [0.2, 0.25) is 0 Å². The Morgan fingerprint density at radius 2 is 0.825 bits per heavy atom. The average Bonchev–Trinajstić information content (AvgIpc) is 4.04. The quantitative estimate of drug-likeness (QED) is 0.177. The van der Waals surface area contributed by atoms with E-state index in [1.54, 1.807) is 11.3 Å². The summed E-state index contributed by atoms with van der Waals surface area (Å²) in [7, 11) is 0. The summed E-state index contributed by atoms with van der Waals surface area (Å²) in [6.07, 6.45) is 0. The molecule has 10 aromatic carbocycles. The highest BCUT2D eigenvalue weighted by Gasteiger charge is 2.24. The number of thiophene rings is 2. The first kappa shape index (κ1) is 34.9. The Bertz CT molecular complexity index is 4120. The monoisotopic (exact) mass is 836 g/mol. The molecule has 0 atom stereocenters. The van der Waals surface area contributed by atoms with Gasteiger partial charge in [-0.15, -0.1) is 22.7 Å². The Morgan fingerprint density at radius 3 is 1.49 bits per heavy atom. The summed E-state index contributed by atoms with van der Waals surface area (Å²) in [5.74, 6) is 1.96. The summed E-state index contributed by atoms with van der Waals surface area (Å²) in [5.41, 5.74) is 6.32. The highest BCUT2D eigenvalue weighted by atomic mass is 32.1. The molecule has 0 fully saturated rings. The second-order valence-electron chi connectivity index (χ2n) is 16.3. The minimum Gasteiger partial charge on any atom is -0.309 e. The van der Waals surface area contributed by atoms with E-state index in [0.717, 1.165) is 43.5 Å². The van der Waals surface area contributed by atoms with Crippen LogP contribution in [-0.4, -0.2) is 19.5 Å². The van der Waals surface area contributed by atoms with Crippen molar-refractivity contribution in [2.75, 3.05) is 0 Å². The van der Waals surface area contributed by atoms with Crippen molar-refractivity contribution in [2.24, 2.45) is 0 Å². The first-order valence-electron chi connectivity index (χ1n) is 21.2. The number of hydrogen-bond donors (Lipinski definition) is 0. The van der Waals surface area contributed by atoms with Crippen molar-refractivity contribution >= 4 is 117 Å². The molecule has 0 N–H and O–H groups in total. The number of hydrogen-bond acceptors (Lipinski definition) is 5. The van der Waals surface area contributed by atoms with Gasteiger partial charge >= 0.3 is 0 Å². The van der Waals surface area contributed by atoms with E-state index in [2.05, 4.69) is 193 Å². The van der Waals surface area contributed by atoms with Gasteiger partial charge in [0, 0.05) is 73.5 Å². The van der Waals surface area contributed by atoms with E-state index >= 15 is 0 Å². The minimum absolute atomic E-state index is 0.646. The summed E-state index contributed by atoms with van der Waals surface area (Å²) in [5, 5.41) is 14.7. The minimum atomic E-state index is 0.646. The van der Waals surface area contributed by atoms with Crippen LogP contribution in [-0.2, 0) is 0 Å². The molecule has 0 unspecified atom stereocenters. The maximum absolute atomic E-state index is 5.56. The molecule has 63 heavy (non-hydrogen) atoms. The smallest absolute Gasteiger partial charge is 0.165 e. The maximum atomic E-state index is 5.56. The number of nitrogens with zero attached hydrogens (tertiary/aromatic N) is 4. The summed E-state index contributed by atoms with van der Waals surface area (Å²) in [6, 6.07) is 70.1. The largest absolute Gasteiger partial charge is 0.309 e. The van der Waals surface area contributed by atoms with Crippen LogP contribution in [0, 0.1) is 0 Å². The van der Waals surface area contributed by atoms with Gasteiger partial charge in [0.15, 0.2) is 17.5 Å². The molecule has 0 saturated carbocycles. The van der Waals surface area contributed by atoms with Gasteiger partial charge in [-0.25, -0.2) is 15.0 Å². The van der Waals surface area contributed by atoms with Crippen molar-refractivity contribution in [1.82, 2.24) is 19.5 Å². The lowest BCUT2D eigenvalue weighted by Gasteiger charge is -2.14. The fourth-order valence-corrected chi connectivity index (χ4v) is 12.4. The van der Waals surface area contributed by atoms with Gasteiger partial charge in [0.05, 0.1) is 11.0 Å². The molecule has 14 aromatic rings. The number of benzene rings is 10. The molecule has 292 valence electrons. The third-order valence-corrected chi connectivity index (χ3v) is 15.2. The first-order chi connectivity index (χ1) is 31.2. The van der Waals surface area contributed by atoms with Crippen molar-refractivity contribution in [3.63, 3.8) is 0 Å². The third kappa shape index (κ3) is 5.17. The van der Waals surface area contributed by atoms with Crippen LogP contribution in [0.5, 0.6) is 0 Å². The molecular weight excluding hydrogens is 805 g/mol. The molecule has 0 spiro atoms. The molecule has 14 rings (SSSR count). The van der Waals surface area contributed by atoms with E-state index in [1.807, 2.05) is 17.4 Å². The van der Waals surface area contributed by atoms with Crippen LogP contribution in [0.3, 0.4) is 0 Å². The topological polar surface area (TPSA) is 43.6 Å². The zero-order valence-electron chi connectivity index (χ0n) is 33.6. The van der Waals surface area contributed by atoms with Crippen LogP contribution in [0.2, 0.25) is 0 Å². The summed E-state index contributed by atoms with van der Waals surface area (Å²) in [4.78, 5) is 16.3. The van der Waals surface area contributed by atoms with Crippen molar-refractivity contribution in [3.05, 3.63) is 194 Å². The fraction of sp³-hybridized carbons (Fsp3) is 0. The van der Waals surface area contributed by atoms with E-state index in [0.29, 0.717) is 17.5 Å². The summed E-state index contributed by atoms with van der Waals surface area (Å²) >= 11 is 3.61. The normalized spacial score (nSPS) is 12.1. The Balaban J connectivity index is 1.11. The van der Waals surface area contributed by atoms with Gasteiger partial charge in [-0.3, -0.25) is 0 Å². The van der Waals surface area contributed by atoms with Crippen LogP contribution in [0.4, 0.5) is 0 Å². The van der Waals surface area contributed by atoms with Gasteiger partial charge in [0.1, 0.15) is 0 Å². The van der Waals surface area contributed by atoms with Crippen LogP contribution in [0.1, 0.15) is 0 Å². The zero-order valence-corrected chi connectivity index (χ0v) is 35.2. The van der Waals surface area contributed by atoms with Crippen LogP contribution in [0.15, 0.2) is 194 Å². The predicted octanol–water partition coefficient (Wildman–Crippen LogP) is 16.2. The van der Waals surface area contributed by atoms with E-state index in [9.17, 15) is 0 Å². The SMILES string of the molecule is c1ccc(-c2nc(-c3cc(-n4c5ccc6ccccc6c5c5c6ccccc6ccc54)cc4c3sc3ccccc34)nc(-c3cc4ccccc4c4c3sc3ccccc34)n2)cc1. The van der Waals surface area contributed by atoms with Crippen molar-refractivity contribution < 1.29 is 0 Å². The van der Waals surface area contributed by atoms with E-state index < -0.39 is 0 Å². The van der Waals surface area contributed by atoms with Gasteiger partial charge in [-0.2, -0.15) is 0 Å². The van der Waals surface area contributed by atoms with Crippen LogP contribution in [0.25, 0.3) is 134 Å². The molecule has 6 heteroatoms. The maximum Gasteiger partial charge on any atom is 0.165 e. The molecule has 4 aromatic heterocycles. The number of rotatable bonds is 4. The molecule has 0 bridgehead atoms. The standard InChI is InChI=1S/C57H32N4S2/c1-2-16-35(17-3-1)55-58-56(44-30-36-18-6-9-21-40(36)50-42-23-11-13-25-49(42)63-54(44)50)60-57(59-55)45-32-37(31-43-41-22-10-12-24-48(41)62-53(43)45)61-46-28-26-33-14-4-7-19-38(33)51(46)52-39-20-8-5-15-34(39)27-29-47(52)61/h1-32H. The van der Waals surface area contributed by atoms with E-state index in [4.69, 9.17) is 15.0 Å². The van der Waals surface area contributed by atoms with Gasteiger partial charge in [-0.05, 0) is 74.8 Å². The second-order valence-corrected chi connectivity index (χ2v) is 18.4. The highest BCUT2D eigenvalue weighted by molar-refractivity contribution is 7.27. The van der Waals surface area contributed by atoms with Crippen LogP contribution < -0.4 is 0 Å². The Kier molecular flexibility index (Phi) is 7.40. The molecule has 0 aliphatic heterocycles. The summed E-state index contributed by atoms with van der Waals surface area (Å²) in [6.45, 7) is 0. The summed E-state index contributed by atoms with van der Waals surface area (Å²) < 4.78 is 7.26. The molecule has 0 amide bonds. The van der Waals surface area contributed by atoms with Crippen molar-refractivity contribution in [2.45, 2.75) is 0 Å². The highest BCUT2D eigenvalue weighted by Crippen LogP contribution is 2.47. The number of aromatic nitrogens is 4. The van der Waals surface area contributed by atoms with Crippen LogP contribution >= 0.6 is 22.7 Å². The molecule has 4 nitrogen and oxygen atoms in total. The molecule has 0 aliphatic rings. The number of fused-ring (bicyclic) bond motifs is 15. The van der Waals surface area contributed by atoms with Gasteiger partial charge in [0.25, 0.3) is 0 Å². The Hall–Kier alpha value is -7.77. The second kappa shape index (κ2) is 13.4. The molecule has 0 aliphatic carbocycles. The Labute approximate surface area is 368 Å². The zero-order chi connectivity index (χ0) is 41.2.